The Kier molecular flexibility index (Phi) is 5.75. The third-order valence-electron chi connectivity index (χ3n) is 2.83. The summed E-state index contributed by atoms with van der Waals surface area (Å²) in [7, 11) is 0. The fourth-order valence-corrected chi connectivity index (χ4v) is 3.67. The molecule has 0 aliphatic heterocycles. The predicted octanol–water partition coefficient (Wildman–Crippen LogP) is 2.55. The van der Waals surface area contributed by atoms with Crippen LogP contribution in [0.25, 0.3) is 0 Å². The molecule has 1 aromatic carbocycles. The molecule has 22 heavy (non-hydrogen) atoms. The molecule has 1 aromatic heterocycles. The first-order chi connectivity index (χ1) is 10.6. The summed E-state index contributed by atoms with van der Waals surface area (Å²) in [5.74, 6) is -0.0692. The number of para-hydroxylation sites is 1. The quantitative estimate of drug-likeness (QED) is 0.816. The van der Waals surface area contributed by atoms with E-state index in [4.69, 9.17) is 11.0 Å². The zero-order chi connectivity index (χ0) is 15.9. The van der Waals surface area contributed by atoms with Gasteiger partial charge in [0, 0.05) is 12.2 Å². The van der Waals surface area contributed by atoms with Gasteiger partial charge < -0.3 is 10.6 Å². The Morgan fingerprint density at radius 2 is 2.18 bits per heavy atom. The molecule has 2 aromatic rings. The van der Waals surface area contributed by atoms with Gasteiger partial charge >= 0.3 is 0 Å². The van der Waals surface area contributed by atoms with Crippen LogP contribution in [-0.2, 0) is 4.79 Å². The van der Waals surface area contributed by atoms with Crippen molar-refractivity contribution in [1.82, 2.24) is 10.2 Å². The zero-order valence-electron chi connectivity index (χ0n) is 12.0. The fourth-order valence-electron chi connectivity index (χ4n) is 1.83. The molecule has 0 radical (unpaired) electrons. The minimum Gasteiger partial charge on any atom is -0.374 e. The van der Waals surface area contributed by atoms with Gasteiger partial charge in [-0.2, -0.15) is 5.26 Å². The van der Waals surface area contributed by atoms with Gasteiger partial charge in [-0.3, -0.25) is 4.79 Å². The molecule has 0 aliphatic rings. The third-order valence-corrected chi connectivity index (χ3v) is 4.75. The van der Waals surface area contributed by atoms with Crippen LogP contribution in [0.1, 0.15) is 13.3 Å². The summed E-state index contributed by atoms with van der Waals surface area (Å²) in [4.78, 5) is 14.3. The number of anilines is 2. The Morgan fingerprint density at radius 3 is 2.77 bits per heavy atom. The number of benzene rings is 1. The number of hydrogen-bond acceptors (Lipinski definition) is 7. The van der Waals surface area contributed by atoms with Crippen molar-refractivity contribution in [2.45, 2.75) is 22.9 Å². The predicted molar refractivity (Wildman–Crippen MR) is 88.7 cm³/mol. The van der Waals surface area contributed by atoms with Crippen LogP contribution in [0.15, 0.2) is 34.7 Å². The van der Waals surface area contributed by atoms with Crippen molar-refractivity contribution in [3.05, 3.63) is 30.3 Å². The molecule has 0 saturated heterocycles. The van der Waals surface area contributed by atoms with Crippen molar-refractivity contribution >= 4 is 39.8 Å². The number of amides is 1. The van der Waals surface area contributed by atoms with E-state index in [-0.39, 0.29) is 17.6 Å². The highest BCUT2D eigenvalue weighted by molar-refractivity contribution is 8.02. The van der Waals surface area contributed by atoms with Gasteiger partial charge in [0.25, 0.3) is 0 Å². The lowest BCUT2D eigenvalue weighted by Crippen LogP contribution is -2.37. The molecule has 1 amide bonds. The van der Waals surface area contributed by atoms with E-state index in [9.17, 15) is 4.79 Å². The van der Waals surface area contributed by atoms with Gasteiger partial charge in [0.2, 0.25) is 11.0 Å². The Hall–Kier alpha value is -2.11. The fraction of sp³-hybridized carbons (Fsp3) is 0.286. The first-order valence-electron chi connectivity index (χ1n) is 6.61. The molecule has 1 heterocycles. The van der Waals surface area contributed by atoms with E-state index in [0.29, 0.717) is 16.0 Å². The SMILES string of the molecule is C[C@@H](Sc1nnc(N)s1)C(=O)N(CCC#N)c1ccccc1. The highest BCUT2D eigenvalue weighted by Crippen LogP contribution is 2.29. The largest absolute Gasteiger partial charge is 0.374 e. The second-order valence-corrected chi connectivity index (χ2v) is 7.00. The molecule has 6 nitrogen and oxygen atoms in total. The van der Waals surface area contributed by atoms with Crippen LogP contribution < -0.4 is 10.6 Å². The van der Waals surface area contributed by atoms with Crippen LogP contribution in [-0.4, -0.2) is 27.9 Å². The summed E-state index contributed by atoms with van der Waals surface area (Å²) >= 11 is 2.57. The van der Waals surface area contributed by atoms with E-state index in [2.05, 4.69) is 16.3 Å². The smallest absolute Gasteiger partial charge is 0.240 e. The molecule has 2 rings (SSSR count). The summed E-state index contributed by atoms with van der Waals surface area (Å²) in [6.07, 6.45) is 0.282. The van der Waals surface area contributed by atoms with E-state index in [1.54, 1.807) is 4.90 Å². The topological polar surface area (TPSA) is 95.9 Å². The molecule has 114 valence electrons. The molecule has 0 spiro atoms. The first-order valence-corrected chi connectivity index (χ1v) is 8.30. The summed E-state index contributed by atoms with van der Waals surface area (Å²) in [6.45, 7) is 2.18. The number of thioether (sulfide) groups is 1. The lowest BCUT2D eigenvalue weighted by Gasteiger charge is -2.24. The monoisotopic (exact) mass is 333 g/mol. The van der Waals surface area contributed by atoms with Crippen molar-refractivity contribution in [2.24, 2.45) is 0 Å². The molecule has 0 bridgehead atoms. The van der Waals surface area contributed by atoms with E-state index in [1.165, 1.54) is 23.1 Å². The minimum atomic E-state index is -0.341. The first kappa shape index (κ1) is 16.3. The van der Waals surface area contributed by atoms with E-state index in [0.717, 1.165) is 5.69 Å². The number of aromatic nitrogens is 2. The maximum atomic E-state index is 12.7. The molecule has 0 fully saturated rings. The maximum Gasteiger partial charge on any atom is 0.240 e. The van der Waals surface area contributed by atoms with Crippen molar-refractivity contribution in [3.8, 4) is 6.07 Å². The molecule has 0 unspecified atom stereocenters. The summed E-state index contributed by atoms with van der Waals surface area (Å²) in [5.41, 5.74) is 6.33. The van der Waals surface area contributed by atoms with Crippen LogP contribution in [0.2, 0.25) is 0 Å². The second kappa shape index (κ2) is 7.77. The second-order valence-electron chi connectivity index (χ2n) is 4.40. The molecule has 0 aliphatic carbocycles. The number of nitrogens with two attached hydrogens (primary N) is 1. The molecule has 0 saturated carbocycles. The number of rotatable bonds is 6. The number of hydrogen-bond donors (Lipinski definition) is 1. The van der Waals surface area contributed by atoms with Crippen LogP contribution >= 0.6 is 23.1 Å². The van der Waals surface area contributed by atoms with Crippen LogP contribution in [0.5, 0.6) is 0 Å². The normalized spacial score (nSPS) is 11.6. The number of carbonyl (C=O) groups is 1. The Balaban J connectivity index is 2.12. The lowest BCUT2D eigenvalue weighted by molar-refractivity contribution is -0.117. The summed E-state index contributed by atoms with van der Waals surface area (Å²) in [6, 6.07) is 11.4. The maximum absolute atomic E-state index is 12.7. The summed E-state index contributed by atoms with van der Waals surface area (Å²) < 4.78 is 0.659. The average Bonchev–Trinajstić information content (AvgIpc) is 2.93. The number of carbonyl (C=O) groups excluding carboxylic acids is 1. The third kappa shape index (κ3) is 4.19. The zero-order valence-corrected chi connectivity index (χ0v) is 13.6. The standard InChI is InChI=1S/C14H15N5OS2/c1-10(21-14-18-17-13(16)22-14)12(20)19(9-5-8-15)11-6-3-2-4-7-11/h2-4,6-7,10H,5,9H2,1H3,(H2,16,17)/t10-/m1/s1. The number of nitrogen functional groups attached to an aromatic ring is 1. The lowest BCUT2D eigenvalue weighted by atomic mass is 10.2. The van der Waals surface area contributed by atoms with E-state index >= 15 is 0 Å². The Labute approximate surface area is 137 Å². The molecule has 2 N–H and O–H groups in total. The summed E-state index contributed by atoms with van der Waals surface area (Å²) in [5, 5.41) is 16.5. The molecule has 1 atom stereocenters. The van der Waals surface area contributed by atoms with Gasteiger partial charge in [-0.1, -0.05) is 41.3 Å². The van der Waals surface area contributed by atoms with Crippen molar-refractivity contribution in [1.29, 1.82) is 5.26 Å². The van der Waals surface area contributed by atoms with Gasteiger partial charge in [0.15, 0.2) is 4.34 Å². The Bertz CT molecular complexity index is 667. The molecular formula is C14H15N5OS2. The van der Waals surface area contributed by atoms with E-state index in [1.807, 2.05) is 37.3 Å². The van der Waals surface area contributed by atoms with Crippen LogP contribution in [0.4, 0.5) is 10.8 Å². The van der Waals surface area contributed by atoms with Gasteiger partial charge in [-0.15, -0.1) is 10.2 Å². The van der Waals surface area contributed by atoms with Crippen molar-refractivity contribution in [3.63, 3.8) is 0 Å². The Morgan fingerprint density at radius 1 is 1.45 bits per heavy atom. The van der Waals surface area contributed by atoms with Gasteiger partial charge in [0.05, 0.1) is 17.7 Å². The van der Waals surface area contributed by atoms with Gasteiger partial charge in [0.1, 0.15) is 0 Å². The van der Waals surface area contributed by atoms with Gasteiger partial charge in [-0.25, -0.2) is 0 Å². The van der Waals surface area contributed by atoms with Crippen molar-refractivity contribution in [2.75, 3.05) is 17.2 Å². The van der Waals surface area contributed by atoms with E-state index < -0.39 is 0 Å². The molecular weight excluding hydrogens is 318 g/mol. The van der Waals surface area contributed by atoms with Crippen LogP contribution in [0.3, 0.4) is 0 Å². The minimum absolute atomic E-state index is 0.0692. The average molecular weight is 333 g/mol. The van der Waals surface area contributed by atoms with Crippen LogP contribution in [0, 0.1) is 11.3 Å². The highest BCUT2D eigenvalue weighted by atomic mass is 32.2. The van der Waals surface area contributed by atoms with Gasteiger partial charge in [-0.05, 0) is 19.1 Å². The number of nitriles is 1. The number of nitrogens with zero attached hydrogens (tertiary/aromatic N) is 4. The molecule has 8 heteroatoms. The highest BCUT2D eigenvalue weighted by Gasteiger charge is 2.23. The van der Waals surface area contributed by atoms with Crippen molar-refractivity contribution < 1.29 is 4.79 Å².